The number of hydrogen-bond acceptors (Lipinski definition) is 6. The lowest BCUT2D eigenvalue weighted by atomic mass is 9.50. The second kappa shape index (κ2) is 8.60. The van der Waals surface area contributed by atoms with E-state index in [9.17, 15) is 9.59 Å². The molecule has 1 aromatic rings. The highest BCUT2D eigenvalue weighted by Crippen LogP contribution is 2.58. The first-order chi connectivity index (χ1) is 15.2. The first-order valence-electron chi connectivity index (χ1n) is 11.7. The minimum atomic E-state index is -0.109. The van der Waals surface area contributed by atoms with Gasteiger partial charge in [-0.25, -0.2) is 9.97 Å². The summed E-state index contributed by atoms with van der Waals surface area (Å²) in [5.41, 5.74) is 0. The van der Waals surface area contributed by atoms with E-state index in [4.69, 9.17) is 0 Å². The number of aromatic nitrogens is 2. The van der Waals surface area contributed by atoms with E-state index in [2.05, 4.69) is 44.1 Å². The molecule has 6 atom stereocenters. The number of unbranched alkanes of at least 4 members (excludes halogenated alkanes) is 1. The zero-order chi connectivity index (χ0) is 20.9. The quantitative estimate of drug-likeness (QED) is 0.371. The molecule has 7 rings (SSSR count). The summed E-state index contributed by atoms with van der Waals surface area (Å²) in [5.74, 6) is 2.19. The molecule has 32 heavy (non-hydrogen) atoms. The average molecular weight is 456 g/mol. The first kappa shape index (κ1) is 21.6. The van der Waals surface area contributed by atoms with Gasteiger partial charge in [-0.05, 0) is 49.1 Å². The Morgan fingerprint density at radius 2 is 1.28 bits per heavy atom. The predicted octanol–water partition coefficient (Wildman–Crippen LogP) is 2.02. The van der Waals surface area contributed by atoms with Gasteiger partial charge in [0, 0.05) is 45.1 Å². The van der Waals surface area contributed by atoms with Gasteiger partial charge in [0.05, 0.1) is 11.8 Å². The van der Waals surface area contributed by atoms with Crippen LogP contribution in [-0.4, -0.2) is 70.9 Å². The Morgan fingerprint density at radius 1 is 0.750 bits per heavy atom. The van der Waals surface area contributed by atoms with Gasteiger partial charge in [0.25, 0.3) is 0 Å². The number of imide groups is 1. The fraction of sp³-hybridized carbons (Fsp3) is 0.583. The van der Waals surface area contributed by atoms with Crippen LogP contribution >= 0.6 is 12.4 Å². The van der Waals surface area contributed by atoms with Crippen molar-refractivity contribution in [2.75, 3.05) is 44.2 Å². The number of carbonyl (C=O) groups is 2. The van der Waals surface area contributed by atoms with Crippen LogP contribution in [0.1, 0.15) is 12.8 Å². The van der Waals surface area contributed by atoms with Crippen molar-refractivity contribution in [3.8, 4) is 0 Å². The number of amides is 2. The van der Waals surface area contributed by atoms with Crippen molar-refractivity contribution in [2.24, 2.45) is 35.5 Å². The first-order valence-corrected chi connectivity index (χ1v) is 11.7. The van der Waals surface area contributed by atoms with Crippen LogP contribution in [0.2, 0.25) is 0 Å². The fourth-order valence-corrected chi connectivity index (χ4v) is 6.40. The van der Waals surface area contributed by atoms with Gasteiger partial charge >= 0.3 is 0 Å². The highest BCUT2D eigenvalue weighted by atomic mass is 35.5. The number of likely N-dealkylation sites (tertiary alicyclic amines) is 1. The molecule has 3 heterocycles. The zero-order valence-corrected chi connectivity index (χ0v) is 18.9. The number of hydrogen-bond donors (Lipinski definition) is 0. The lowest BCUT2D eigenvalue weighted by Gasteiger charge is -2.51. The zero-order valence-electron chi connectivity index (χ0n) is 18.1. The topological polar surface area (TPSA) is 69.6 Å². The number of allylic oxidation sites excluding steroid dienone is 4. The Morgan fingerprint density at radius 3 is 1.84 bits per heavy atom. The summed E-state index contributed by atoms with van der Waals surface area (Å²) in [5, 5.41) is 0. The summed E-state index contributed by atoms with van der Waals surface area (Å²) in [6.07, 6.45) is 14.4. The molecule has 2 bridgehead atoms. The molecule has 4 aliphatic carbocycles. The molecule has 0 unspecified atom stereocenters. The molecule has 170 valence electrons. The lowest BCUT2D eigenvalue weighted by Crippen LogP contribution is -2.50. The van der Waals surface area contributed by atoms with Crippen LogP contribution < -0.4 is 4.90 Å². The van der Waals surface area contributed by atoms with Gasteiger partial charge in [-0.3, -0.25) is 19.4 Å². The largest absolute Gasteiger partial charge is 0.338 e. The van der Waals surface area contributed by atoms with Gasteiger partial charge in [-0.1, -0.05) is 24.3 Å². The van der Waals surface area contributed by atoms with E-state index in [0.29, 0.717) is 18.4 Å². The van der Waals surface area contributed by atoms with E-state index >= 15 is 0 Å². The number of piperazine rings is 1. The summed E-state index contributed by atoms with van der Waals surface area (Å²) in [6, 6.07) is 1.84. The van der Waals surface area contributed by atoms with E-state index in [1.54, 1.807) is 17.3 Å². The molecule has 7 nitrogen and oxygen atoms in total. The van der Waals surface area contributed by atoms with Crippen molar-refractivity contribution in [3.05, 3.63) is 42.8 Å². The van der Waals surface area contributed by atoms with Crippen molar-refractivity contribution in [1.29, 1.82) is 0 Å². The van der Waals surface area contributed by atoms with Crippen LogP contribution in [0.3, 0.4) is 0 Å². The van der Waals surface area contributed by atoms with Crippen LogP contribution in [0.15, 0.2) is 42.8 Å². The molecule has 6 aliphatic rings. The highest BCUT2D eigenvalue weighted by Gasteiger charge is 2.62. The highest BCUT2D eigenvalue weighted by molar-refractivity contribution is 6.06. The van der Waals surface area contributed by atoms with E-state index in [1.807, 2.05) is 6.07 Å². The molecule has 0 aromatic carbocycles. The Bertz CT molecular complexity index is 890. The van der Waals surface area contributed by atoms with Crippen LogP contribution in [0, 0.1) is 35.5 Å². The van der Waals surface area contributed by atoms with Gasteiger partial charge in [-0.2, -0.15) is 0 Å². The van der Waals surface area contributed by atoms with Gasteiger partial charge in [0.2, 0.25) is 17.8 Å². The Hall–Kier alpha value is -2.25. The maximum atomic E-state index is 13.1. The number of halogens is 1. The van der Waals surface area contributed by atoms with E-state index < -0.39 is 0 Å². The monoisotopic (exact) mass is 455 g/mol. The Balaban J connectivity index is 0.00000216. The number of anilines is 1. The number of nitrogens with zero attached hydrogens (tertiary/aromatic N) is 5. The molecular formula is C24H30ClN5O2. The maximum absolute atomic E-state index is 13.1. The van der Waals surface area contributed by atoms with Crippen LogP contribution in [-0.2, 0) is 9.59 Å². The lowest BCUT2D eigenvalue weighted by molar-refractivity contribution is -0.140. The molecular weight excluding hydrogens is 426 g/mol. The molecule has 2 aliphatic heterocycles. The summed E-state index contributed by atoms with van der Waals surface area (Å²) < 4.78 is 0. The third kappa shape index (κ3) is 3.37. The van der Waals surface area contributed by atoms with E-state index in [-0.39, 0.29) is 47.9 Å². The van der Waals surface area contributed by atoms with E-state index in [1.165, 1.54) is 0 Å². The molecule has 2 saturated heterocycles. The van der Waals surface area contributed by atoms with Gasteiger partial charge < -0.3 is 4.90 Å². The average Bonchev–Trinajstić information content (AvgIpc) is 3.04. The van der Waals surface area contributed by atoms with Crippen molar-refractivity contribution < 1.29 is 9.59 Å². The van der Waals surface area contributed by atoms with Crippen molar-refractivity contribution in [3.63, 3.8) is 0 Å². The van der Waals surface area contributed by atoms with E-state index in [0.717, 1.165) is 51.5 Å². The van der Waals surface area contributed by atoms with Crippen LogP contribution in [0.5, 0.6) is 0 Å². The van der Waals surface area contributed by atoms with Crippen LogP contribution in [0.4, 0.5) is 5.95 Å². The Kier molecular flexibility index (Phi) is 5.80. The van der Waals surface area contributed by atoms with Gasteiger partial charge in [-0.15, -0.1) is 12.4 Å². The third-order valence-electron chi connectivity index (χ3n) is 8.08. The maximum Gasteiger partial charge on any atom is 0.233 e. The summed E-state index contributed by atoms with van der Waals surface area (Å²) in [6.45, 7) is 5.44. The fourth-order valence-electron chi connectivity index (χ4n) is 6.40. The predicted molar refractivity (Wildman–Crippen MR) is 123 cm³/mol. The molecule has 0 spiro atoms. The normalized spacial score (nSPS) is 34.9. The molecule has 0 radical (unpaired) electrons. The van der Waals surface area contributed by atoms with Gasteiger partial charge in [0.1, 0.15) is 0 Å². The standard InChI is InChI=1S/C24H29N5O2.ClH/c30-22-20-18-6-7-19(17-5-4-16(17)18)21(20)23(31)29(22)11-2-1-10-27-12-14-28(15-13-27)24-25-8-3-9-26-24;/h3-9,16-21H,1-2,10-15H2;1H/t16-,17+,18-,19+,20-,21+;. The second-order valence-corrected chi connectivity index (χ2v) is 9.54. The van der Waals surface area contributed by atoms with Crippen LogP contribution in [0.25, 0.3) is 0 Å². The summed E-state index contributed by atoms with van der Waals surface area (Å²) in [7, 11) is 0. The minimum absolute atomic E-state index is 0. The molecule has 2 amide bonds. The summed E-state index contributed by atoms with van der Waals surface area (Å²) >= 11 is 0. The van der Waals surface area contributed by atoms with Crippen molar-refractivity contribution >= 4 is 30.2 Å². The second-order valence-electron chi connectivity index (χ2n) is 9.54. The number of carbonyl (C=O) groups excluding carboxylic acids is 2. The minimum Gasteiger partial charge on any atom is -0.338 e. The Labute approximate surface area is 195 Å². The smallest absolute Gasteiger partial charge is 0.233 e. The van der Waals surface area contributed by atoms with Crippen molar-refractivity contribution in [2.45, 2.75) is 12.8 Å². The number of rotatable bonds is 6. The molecule has 0 N–H and O–H groups in total. The summed E-state index contributed by atoms with van der Waals surface area (Å²) in [4.78, 5) is 41.2. The third-order valence-corrected chi connectivity index (χ3v) is 8.08. The van der Waals surface area contributed by atoms with Gasteiger partial charge in [0.15, 0.2) is 0 Å². The molecule has 3 fully saturated rings. The molecule has 1 saturated carbocycles. The molecule has 1 aromatic heterocycles. The molecule has 8 heteroatoms. The SMILES string of the molecule is Cl.O=C1[C@@H]2[C@@H]3C=C[C@@H]([C@H]4C=C[C@H]43)[C@@H]2C(=O)N1CCCCN1CCN(c2ncccn2)CC1. The van der Waals surface area contributed by atoms with Crippen molar-refractivity contribution in [1.82, 2.24) is 19.8 Å².